The molecule has 0 N–H and O–H groups in total. The molecular formula is C71H46N2. The summed E-state index contributed by atoms with van der Waals surface area (Å²) in [7, 11) is 0. The fraction of sp³-hybridized carbons (Fsp3) is 0.0141. The Morgan fingerprint density at radius 3 is 0.890 bits per heavy atom. The zero-order chi connectivity index (χ0) is 48.3. The highest BCUT2D eigenvalue weighted by molar-refractivity contribution is 5.98. The lowest BCUT2D eigenvalue weighted by molar-refractivity contribution is 0.775. The predicted molar refractivity (Wildman–Crippen MR) is 302 cm³/mol. The number of hydrogen-bond acceptors (Lipinski definition) is 2. The van der Waals surface area contributed by atoms with E-state index in [9.17, 15) is 0 Å². The summed E-state index contributed by atoms with van der Waals surface area (Å²) in [4.78, 5) is 11.3. The summed E-state index contributed by atoms with van der Waals surface area (Å²) in [5.41, 5.74) is 25.6. The van der Waals surface area contributed by atoms with Crippen LogP contribution >= 0.6 is 0 Å². The van der Waals surface area contributed by atoms with E-state index in [2.05, 4.69) is 279 Å². The van der Waals surface area contributed by atoms with Crippen molar-refractivity contribution in [3.63, 3.8) is 0 Å². The Bertz CT molecular complexity index is 3760. The lowest BCUT2D eigenvalue weighted by Crippen LogP contribution is -2.29. The Labute approximate surface area is 426 Å². The van der Waals surface area contributed by atoms with Crippen molar-refractivity contribution in [1.29, 1.82) is 0 Å². The number of aromatic nitrogens is 2. The smallest absolute Gasteiger partial charge is 0.160 e. The van der Waals surface area contributed by atoms with Crippen LogP contribution in [0, 0.1) is 0 Å². The third-order valence-electron chi connectivity index (χ3n) is 15.1. The molecule has 340 valence electrons. The molecule has 0 bridgehead atoms. The van der Waals surface area contributed by atoms with Gasteiger partial charge in [0.15, 0.2) is 5.82 Å². The van der Waals surface area contributed by atoms with Gasteiger partial charge in [-0.3, -0.25) is 0 Å². The van der Waals surface area contributed by atoms with Gasteiger partial charge in [0.2, 0.25) is 0 Å². The minimum atomic E-state index is -0.581. The summed E-state index contributed by atoms with van der Waals surface area (Å²) in [5.74, 6) is 0.661. The van der Waals surface area contributed by atoms with Gasteiger partial charge >= 0.3 is 0 Å². The largest absolute Gasteiger partial charge is 0.228 e. The van der Waals surface area contributed by atoms with Gasteiger partial charge in [-0.1, -0.05) is 231 Å². The summed E-state index contributed by atoms with van der Waals surface area (Å²) < 4.78 is 0. The number of fused-ring (bicyclic) bond motifs is 12. The van der Waals surface area contributed by atoms with Gasteiger partial charge in [-0.05, 0) is 149 Å². The zero-order valence-corrected chi connectivity index (χ0v) is 40.0. The van der Waals surface area contributed by atoms with Gasteiger partial charge in [0, 0.05) is 16.7 Å². The normalized spacial score (nSPS) is 12.5. The molecule has 2 heteroatoms. The summed E-state index contributed by atoms with van der Waals surface area (Å²) in [6, 6.07) is 102. The molecule has 0 saturated carbocycles. The third kappa shape index (κ3) is 7.10. The van der Waals surface area contributed by atoms with Gasteiger partial charge in [-0.2, -0.15) is 0 Å². The first-order valence-corrected chi connectivity index (χ1v) is 25.1. The van der Waals surface area contributed by atoms with Crippen molar-refractivity contribution in [2.24, 2.45) is 0 Å². The Morgan fingerprint density at radius 1 is 0.192 bits per heavy atom. The predicted octanol–water partition coefficient (Wildman–Crippen LogP) is 18.2. The monoisotopic (exact) mass is 926 g/mol. The summed E-state index contributed by atoms with van der Waals surface area (Å²) in [5, 5.41) is 0. The first-order chi connectivity index (χ1) is 36.2. The van der Waals surface area contributed by atoms with Crippen LogP contribution in [0.15, 0.2) is 279 Å². The molecule has 0 atom stereocenters. The molecule has 12 aromatic rings. The van der Waals surface area contributed by atoms with Gasteiger partial charge in [-0.25, -0.2) is 9.97 Å². The van der Waals surface area contributed by atoms with E-state index in [1.807, 2.05) is 0 Å². The van der Waals surface area contributed by atoms with Crippen LogP contribution in [0.2, 0.25) is 0 Å². The fourth-order valence-corrected chi connectivity index (χ4v) is 11.8. The molecule has 73 heavy (non-hydrogen) atoms. The second-order valence-electron chi connectivity index (χ2n) is 19.2. The second kappa shape index (κ2) is 17.4. The molecular weight excluding hydrogens is 881 g/mol. The summed E-state index contributed by atoms with van der Waals surface area (Å²) >= 11 is 0. The maximum Gasteiger partial charge on any atom is 0.160 e. The molecule has 0 unspecified atom stereocenters. The lowest BCUT2D eigenvalue weighted by atomic mass is 9.66. The minimum Gasteiger partial charge on any atom is -0.228 e. The van der Waals surface area contributed by atoms with Crippen molar-refractivity contribution in [2.45, 2.75) is 5.41 Å². The van der Waals surface area contributed by atoms with E-state index >= 15 is 0 Å². The lowest BCUT2D eigenvalue weighted by Gasteiger charge is -2.35. The van der Waals surface area contributed by atoms with E-state index in [0.717, 1.165) is 72.6 Å². The molecule has 2 aliphatic carbocycles. The minimum absolute atomic E-state index is 0.581. The van der Waals surface area contributed by atoms with Crippen LogP contribution in [-0.2, 0) is 5.41 Å². The number of benzene rings is 11. The van der Waals surface area contributed by atoms with Crippen molar-refractivity contribution >= 4 is 0 Å². The highest BCUT2D eigenvalue weighted by Crippen LogP contribution is 2.61. The average Bonchev–Trinajstić information content (AvgIpc) is 3.73. The molecule has 2 nitrogen and oxygen atoms in total. The molecule has 1 heterocycles. The van der Waals surface area contributed by atoms with E-state index in [0.29, 0.717) is 5.82 Å². The molecule has 0 fully saturated rings. The van der Waals surface area contributed by atoms with E-state index in [4.69, 9.17) is 9.97 Å². The molecule has 14 rings (SSSR count). The molecule has 11 aromatic carbocycles. The molecule has 2 aliphatic rings. The van der Waals surface area contributed by atoms with Gasteiger partial charge in [0.25, 0.3) is 0 Å². The van der Waals surface area contributed by atoms with Crippen LogP contribution < -0.4 is 0 Å². The van der Waals surface area contributed by atoms with Gasteiger partial charge in [0.1, 0.15) is 0 Å². The highest BCUT2D eigenvalue weighted by Gasteiger charge is 2.49. The number of hydrogen-bond donors (Lipinski definition) is 0. The molecule has 1 spiro atoms. The van der Waals surface area contributed by atoms with Crippen molar-refractivity contribution in [2.75, 3.05) is 0 Å². The van der Waals surface area contributed by atoms with Crippen LogP contribution in [0.1, 0.15) is 22.3 Å². The van der Waals surface area contributed by atoms with Gasteiger partial charge in [-0.15, -0.1) is 0 Å². The van der Waals surface area contributed by atoms with E-state index in [1.165, 1.54) is 55.6 Å². The van der Waals surface area contributed by atoms with Crippen molar-refractivity contribution in [3.05, 3.63) is 301 Å². The van der Waals surface area contributed by atoms with E-state index in [-0.39, 0.29) is 0 Å². The second-order valence-corrected chi connectivity index (χ2v) is 19.2. The number of rotatable bonds is 7. The highest BCUT2D eigenvalue weighted by atomic mass is 14.9. The van der Waals surface area contributed by atoms with Gasteiger partial charge < -0.3 is 0 Å². The maximum absolute atomic E-state index is 5.65. The van der Waals surface area contributed by atoms with Gasteiger partial charge in [0.05, 0.1) is 16.8 Å². The number of nitrogens with zero attached hydrogens (tertiary/aromatic N) is 2. The quantitative estimate of drug-likeness (QED) is 0.159. The van der Waals surface area contributed by atoms with Crippen molar-refractivity contribution in [3.8, 4) is 112 Å². The Kier molecular flexibility index (Phi) is 10.1. The maximum atomic E-state index is 5.65. The third-order valence-corrected chi connectivity index (χ3v) is 15.1. The van der Waals surface area contributed by atoms with Crippen LogP contribution in [-0.4, -0.2) is 9.97 Å². The van der Waals surface area contributed by atoms with Crippen LogP contribution in [0.5, 0.6) is 0 Å². The molecule has 0 aliphatic heterocycles. The van der Waals surface area contributed by atoms with E-state index in [1.54, 1.807) is 0 Å². The Balaban J connectivity index is 1.05. The summed E-state index contributed by atoms with van der Waals surface area (Å²) in [6.07, 6.45) is 0. The molecule has 0 saturated heterocycles. The topological polar surface area (TPSA) is 25.8 Å². The average molecular weight is 927 g/mol. The van der Waals surface area contributed by atoms with Crippen LogP contribution in [0.4, 0.5) is 0 Å². The first-order valence-electron chi connectivity index (χ1n) is 25.1. The molecule has 0 radical (unpaired) electrons. The fourth-order valence-electron chi connectivity index (χ4n) is 11.8. The standard InChI is InChI=1S/C71H46N2/c1-5-21-47(22-6-1)52-39-53(48-23-7-2-8-24-48)42-56(41-52)68-46-69(57-43-54(49-25-9-3-10-26-49)40-55(44-57)50-27-11-4-12-28-50)73-70(72-68)51-37-38-67-63(45-51)59-30-14-13-29-58(59)60-31-15-18-34-64(60)71(67)65-35-19-16-32-61(65)62-33-17-20-36-66(62)71/h1-46H. The van der Waals surface area contributed by atoms with E-state index < -0.39 is 5.41 Å². The zero-order valence-electron chi connectivity index (χ0n) is 40.0. The summed E-state index contributed by atoms with van der Waals surface area (Å²) in [6.45, 7) is 0. The SMILES string of the molecule is c1ccc(-c2cc(-c3ccccc3)cc(-c3cc(-c4cc(-c5ccccc5)cc(-c5ccccc5)c4)nc(-c4ccc5c(c4)-c4ccccc4-c4ccccc4C54c5ccccc5-c5ccccc54)n3)c2)cc1. The van der Waals surface area contributed by atoms with Crippen molar-refractivity contribution in [1.82, 2.24) is 9.97 Å². The Morgan fingerprint density at radius 2 is 0.493 bits per heavy atom. The molecule has 0 amide bonds. The first kappa shape index (κ1) is 42.4. The molecule has 1 aromatic heterocycles. The van der Waals surface area contributed by atoms with Crippen LogP contribution in [0.3, 0.4) is 0 Å². The van der Waals surface area contributed by atoms with Crippen molar-refractivity contribution < 1.29 is 0 Å². The Hall–Kier alpha value is -9.50. The van der Waals surface area contributed by atoms with Crippen LogP contribution in [0.25, 0.3) is 112 Å².